The van der Waals surface area contributed by atoms with Gasteiger partial charge in [0.05, 0.1) is 7.11 Å². The lowest BCUT2D eigenvalue weighted by molar-refractivity contribution is 0.288. The molecule has 0 aliphatic carbocycles. The molecule has 0 radical (unpaired) electrons. The van der Waals surface area contributed by atoms with E-state index < -0.39 is 0 Å². The minimum absolute atomic E-state index is 0.252. The van der Waals surface area contributed by atoms with E-state index in [1.54, 1.807) is 7.11 Å². The number of aliphatic hydroxyl groups excluding tert-OH is 1. The van der Waals surface area contributed by atoms with Crippen LogP contribution in [0.1, 0.15) is 42.9 Å². The zero-order valence-corrected chi connectivity index (χ0v) is 10.7. The van der Waals surface area contributed by atoms with Crippen LogP contribution in [-0.2, 0) is 6.42 Å². The molecule has 16 heavy (non-hydrogen) atoms. The maximum absolute atomic E-state index is 8.85. The van der Waals surface area contributed by atoms with Crippen LogP contribution >= 0.6 is 0 Å². The van der Waals surface area contributed by atoms with Crippen LogP contribution in [0.3, 0.4) is 0 Å². The zero-order valence-electron chi connectivity index (χ0n) is 10.7. The Bertz CT molecular complexity index is 343. The van der Waals surface area contributed by atoms with Crippen LogP contribution in [-0.4, -0.2) is 18.8 Å². The lowest BCUT2D eigenvalue weighted by Gasteiger charge is -2.16. The van der Waals surface area contributed by atoms with Gasteiger partial charge >= 0.3 is 0 Å². The minimum Gasteiger partial charge on any atom is -0.496 e. The van der Waals surface area contributed by atoms with Gasteiger partial charge in [0.2, 0.25) is 0 Å². The van der Waals surface area contributed by atoms with E-state index in [2.05, 4.69) is 32.9 Å². The zero-order chi connectivity index (χ0) is 12.1. The third-order valence-electron chi connectivity index (χ3n) is 2.81. The summed E-state index contributed by atoms with van der Waals surface area (Å²) < 4.78 is 5.45. The molecule has 1 aromatic rings. The van der Waals surface area contributed by atoms with Gasteiger partial charge in [-0.2, -0.15) is 0 Å². The average Bonchev–Trinajstić information content (AvgIpc) is 2.25. The van der Waals surface area contributed by atoms with Gasteiger partial charge in [-0.15, -0.1) is 0 Å². The first-order valence-corrected chi connectivity index (χ1v) is 5.88. The molecule has 0 heterocycles. The third kappa shape index (κ3) is 2.99. The van der Waals surface area contributed by atoms with E-state index in [4.69, 9.17) is 9.84 Å². The molecule has 0 aromatic heterocycles. The molecule has 0 atom stereocenters. The summed E-state index contributed by atoms with van der Waals surface area (Å²) >= 11 is 0. The average molecular weight is 222 g/mol. The first-order valence-electron chi connectivity index (χ1n) is 5.88. The molecule has 2 nitrogen and oxygen atoms in total. The Balaban J connectivity index is 3.07. The van der Waals surface area contributed by atoms with Gasteiger partial charge in [0.15, 0.2) is 0 Å². The van der Waals surface area contributed by atoms with Crippen molar-refractivity contribution in [1.82, 2.24) is 0 Å². The molecule has 1 N–H and O–H groups in total. The van der Waals surface area contributed by atoms with Gasteiger partial charge in [-0.05, 0) is 42.4 Å². The summed E-state index contributed by atoms with van der Waals surface area (Å²) in [4.78, 5) is 0. The monoisotopic (exact) mass is 222 g/mol. The van der Waals surface area contributed by atoms with Crippen LogP contribution in [0.4, 0.5) is 0 Å². The van der Waals surface area contributed by atoms with Crippen molar-refractivity contribution in [3.63, 3.8) is 0 Å². The maximum Gasteiger partial charge on any atom is 0.125 e. The van der Waals surface area contributed by atoms with E-state index in [0.29, 0.717) is 5.92 Å². The predicted octanol–water partition coefficient (Wildman–Crippen LogP) is 3.05. The van der Waals surface area contributed by atoms with Crippen LogP contribution in [0.15, 0.2) is 12.1 Å². The second-order valence-electron chi connectivity index (χ2n) is 4.52. The first kappa shape index (κ1) is 13.0. The van der Waals surface area contributed by atoms with E-state index in [0.717, 1.165) is 18.6 Å². The molecular formula is C14H22O2. The van der Waals surface area contributed by atoms with Gasteiger partial charge in [-0.25, -0.2) is 0 Å². The van der Waals surface area contributed by atoms with Crippen molar-refractivity contribution in [2.45, 2.75) is 39.5 Å². The first-order chi connectivity index (χ1) is 7.60. The van der Waals surface area contributed by atoms with E-state index in [1.807, 2.05) is 0 Å². The molecular weight excluding hydrogens is 200 g/mol. The normalized spacial score (nSPS) is 10.9. The summed E-state index contributed by atoms with van der Waals surface area (Å²) in [7, 11) is 1.72. The standard InChI is InChI=1S/C14H22O2/c1-10(2)13-9-12(6-5-7-15)8-11(3)14(13)16-4/h8-10,15H,5-7H2,1-4H3. The van der Waals surface area contributed by atoms with E-state index in [1.165, 1.54) is 16.7 Å². The fourth-order valence-corrected chi connectivity index (χ4v) is 2.01. The van der Waals surface area contributed by atoms with E-state index >= 15 is 0 Å². The predicted molar refractivity (Wildman–Crippen MR) is 67.2 cm³/mol. The second kappa shape index (κ2) is 5.90. The number of hydrogen-bond donors (Lipinski definition) is 1. The maximum atomic E-state index is 8.85. The highest BCUT2D eigenvalue weighted by Gasteiger charge is 2.11. The number of rotatable bonds is 5. The molecule has 1 rings (SSSR count). The molecule has 0 bridgehead atoms. The van der Waals surface area contributed by atoms with Gasteiger partial charge in [0.1, 0.15) is 5.75 Å². The van der Waals surface area contributed by atoms with Crippen LogP contribution in [0.25, 0.3) is 0 Å². The number of benzene rings is 1. The fraction of sp³-hybridized carbons (Fsp3) is 0.571. The Morgan fingerprint density at radius 3 is 2.50 bits per heavy atom. The highest BCUT2D eigenvalue weighted by Crippen LogP contribution is 2.31. The van der Waals surface area contributed by atoms with Crippen molar-refractivity contribution < 1.29 is 9.84 Å². The quantitative estimate of drug-likeness (QED) is 0.829. The summed E-state index contributed by atoms with van der Waals surface area (Å²) in [6, 6.07) is 4.35. The van der Waals surface area contributed by atoms with Crippen molar-refractivity contribution in [2.75, 3.05) is 13.7 Å². The molecule has 0 amide bonds. The van der Waals surface area contributed by atoms with E-state index in [9.17, 15) is 0 Å². The molecule has 2 heteroatoms. The largest absolute Gasteiger partial charge is 0.496 e. The SMILES string of the molecule is COc1c(C)cc(CCCO)cc1C(C)C. The number of ether oxygens (including phenoxy) is 1. The molecule has 90 valence electrons. The van der Waals surface area contributed by atoms with Crippen molar-refractivity contribution in [3.05, 3.63) is 28.8 Å². The van der Waals surface area contributed by atoms with Crippen LogP contribution in [0.2, 0.25) is 0 Å². The highest BCUT2D eigenvalue weighted by atomic mass is 16.5. The van der Waals surface area contributed by atoms with Crippen molar-refractivity contribution in [2.24, 2.45) is 0 Å². The minimum atomic E-state index is 0.252. The van der Waals surface area contributed by atoms with Gasteiger partial charge in [0.25, 0.3) is 0 Å². The second-order valence-corrected chi connectivity index (χ2v) is 4.52. The molecule has 0 saturated heterocycles. The Labute approximate surface area is 98.3 Å². The smallest absolute Gasteiger partial charge is 0.125 e. The summed E-state index contributed by atoms with van der Waals surface area (Å²) in [6.45, 7) is 6.68. The molecule has 0 spiro atoms. The van der Waals surface area contributed by atoms with Gasteiger partial charge < -0.3 is 9.84 Å². The molecule has 0 unspecified atom stereocenters. The highest BCUT2D eigenvalue weighted by molar-refractivity contribution is 5.45. The third-order valence-corrected chi connectivity index (χ3v) is 2.81. The number of methoxy groups -OCH3 is 1. The molecule has 0 aliphatic rings. The summed E-state index contributed by atoms with van der Waals surface area (Å²) in [6.07, 6.45) is 1.75. The Kier molecular flexibility index (Phi) is 4.81. The van der Waals surface area contributed by atoms with Gasteiger partial charge in [-0.1, -0.05) is 26.0 Å². The lowest BCUT2D eigenvalue weighted by atomic mass is 9.95. The molecule has 0 fully saturated rings. The van der Waals surface area contributed by atoms with Crippen molar-refractivity contribution >= 4 is 0 Å². The fourth-order valence-electron chi connectivity index (χ4n) is 2.01. The lowest BCUT2D eigenvalue weighted by Crippen LogP contribution is -2.00. The van der Waals surface area contributed by atoms with Crippen LogP contribution < -0.4 is 4.74 Å². The Hall–Kier alpha value is -1.02. The van der Waals surface area contributed by atoms with E-state index in [-0.39, 0.29) is 6.61 Å². The summed E-state index contributed by atoms with van der Waals surface area (Å²) in [5.74, 6) is 1.46. The van der Waals surface area contributed by atoms with Crippen LogP contribution in [0, 0.1) is 6.92 Å². The number of aryl methyl sites for hydroxylation is 2. The van der Waals surface area contributed by atoms with Gasteiger partial charge in [-0.3, -0.25) is 0 Å². The van der Waals surface area contributed by atoms with Crippen LogP contribution in [0.5, 0.6) is 5.75 Å². The van der Waals surface area contributed by atoms with Gasteiger partial charge in [0, 0.05) is 6.61 Å². The topological polar surface area (TPSA) is 29.5 Å². The molecule has 0 saturated carbocycles. The Morgan fingerprint density at radius 1 is 1.31 bits per heavy atom. The van der Waals surface area contributed by atoms with Crippen molar-refractivity contribution in [3.8, 4) is 5.75 Å². The Morgan fingerprint density at radius 2 is 2.00 bits per heavy atom. The molecule has 1 aromatic carbocycles. The molecule has 0 aliphatic heterocycles. The summed E-state index contributed by atoms with van der Waals surface area (Å²) in [5.41, 5.74) is 3.73. The summed E-state index contributed by atoms with van der Waals surface area (Å²) in [5, 5.41) is 8.85. The number of hydrogen-bond acceptors (Lipinski definition) is 2. The number of aliphatic hydroxyl groups is 1. The van der Waals surface area contributed by atoms with Crippen molar-refractivity contribution in [1.29, 1.82) is 0 Å².